The molecule has 0 unspecified atom stereocenters. The van der Waals surface area contributed by atoms with Gasteiger partial charge in [-0.1, -0.05) is 12.1 Å². The second kappa shape index (κ2) is 17.1. The zero-order chi connectivity index (χ0) is 37.2. The van der Waals surface area contributed by atoms with Gasteiger partial charge in [0, 0.05) is 17.5 Å². The third-order valence-corrected chi connectivity index (χ3v) is 7.28. The number of fused-ring (bicyclic) bond motifs is 5. The van der Waals surface area contributed by atoms with Crippen LogP contribution < -0.4 is 30.7 Å². The van der Waals surface area contributed by atoms with E-state index in [9.17, 15) is 24.0 Å². The molecule has 1 aliphatic rings. The molecule has 14 heteroatoms. The minimum absolute atomic E-state index is 0.0681. The van der Waals surface area contributed by atoms with Crippen LogP contribution in [0, 0.1) is 0 Å². The van der Waals surface area contributed by atoms with Crippen molar-refractivity contribution in [3.63, 3.8) is 0 Å². The Morgan fingerprint density at radius 2 is 1.28 bits per heavy atom. The molecule has 4 N–H and O–H groups in total. The topological polar surface area (TPSA) is 180 Å². The monoisotopic (exact) mass is 698 g/mol. The lowest BCUT2D eigenvalue weighted by Crippen LogP contribution is -2.51. The highest BCUT2D eigenvalue weighted by Gasteiger charge is 2.29. The second-order valence-corrected chi connectivity index (χ2v) is 13.9. The van der Waals surface area contributed by atoms with Gasteiger partial charge in [-0.15, -0.1) is 0 Å². The average molecular weight is 699 g/mol. The Morgan fingerprint density at radius 1 is 0.760 bits per heavy atom. The second-order valence-electron chi connectivity index (χ2n) is 13.9. The van der Waals surface area contributed by atoms with Crippen molar-refractivity contribution in [2.24, 2.45) is 0 Å². The first kappa shape index (κ1) is 39.4. The fourth-order valence-corrected chi connectivity index (χ4v) is 4.87. The minimum Gasteiger partial charge on any atom is -0.491 e. The Bertz CT molecular complexity index is 1550. The summed E-state index contributed by atoms with van der Waals surface area (Å²) in [7, 11) is 1.23. The van der Waals surface area contributed by atoms with Crippen molar-refractivity contribution >= 4 is 30.0 Å². The van der Waals surface area contributed by atoms with Crippen LogP contribution in [0.5, 0.6) is 11.5 Å². The lowest BCUT2D eigenvalue weighted by atomic mass is 9.92. The van der Waals surface area contributed by atoms with Crippen molar-refractivity contribution < 1.29 is 47.7 Å². The quantitative estimate of drug-likeness (QED) is 0.170. The summed E-state index contributed by atoms with van der Waals surface area (Å²) in [6.07, 6.45) is -1.10. The van der Waals surface area contributed by atoms with E-state index in [0.29, 0.717) is 33.8 Å². The van der Waals surface area contributed by atoms with Gasteiger partial charge in [-0.2, -0.15) is 0 Å². The number of carbonyl (C=O) groups is 5. The smallest absolute Gasteiger partial charge is 0.407 e. The van der Waals surface area contributed by atoms with E-state index in [4.69, 9.17) is 23.7 Å². The van der Waals surface area contributed by atoms with Crippen molar-refractivity contribution in [2.75, 3.05) is 33.4 Å². The molecule has 4 amide bonds. The number of benzene rings is 2. The molecule has 1 heterocycles. The van der Waals surface area contributed by atoms with Crippen LogP contribution in [-0.4, -0.2) is 86.7 Å². The maximum atomic E-state index is 13.3. The molecule has 1 aliphatic heterocycles. The van der Waals surface area contributed by atoms with E-state index in [1.54, 1.807) is 78.8 Å². The van der Waals surface area contributed by atoms with Crippen LogP contribution in [0.4, 0.5) is 9.59 Å². The molecule has 2 aromatic rings. The molecule has 0 spiro atoms. The Balaban J connectivity index is 2.04. The van der Waals surface area contributed by atoms with Gasteiger partial charge in [0.15, 0.2) is 0 Å². The highest BCUT2D eigenvalue weighted by atomic mass is 16.6. The standard InChI is InChI=1S/C36H50N4O10/c1-21-24-11-13-29(48-17-15-38-34(45)50-36(6,7)8)26(20-24)25-18-23(10-12-28(25)47-16-14-37-33(44)49-35(3,4)5)19-27(32(43)46-9)40-31(42)22(2)39-30(21)41/h10-13,18,20-22,27H,14-17,19H2,1-9H3,(H,37,44)(H,38,45)(H,39,41)(H,40,42)/t21-,22-,27-/m0/s1. The molecule has 2 aromatic carbocycles. The molecule has 3 atom stereocenters. The molecule has 50 heavy (non-hydrogen) atoms. The summed E-state index contributed by atoms with van der Waals surface area (Å²) in [4.78, 5) is 63.5. The predicted molar refractivity (Wildman–Crippen MR) is 185 cm³/mol. The van der Waals surface area contributed by atoms with E-state index in [1.165, 1.54) is 14.0 Å². The van der Waals surface area contributed by atoms with Gasteiger partial charge in [0.05, 0.1) is 26.1 Å². The number of esters is 1. The molecule has 0 saturated heterocycles. The van der Waals surface area contributed by atoms with Gasteiger partial charge in [-0.05, 0) is 90.8 Å². The van der Waals surface area contributed by atoms with Crippen LogP contribution >= 0.6 is 0 Å². The SMILES string of the molecule is COC(=O)[C@@H]1Cc2ccc(OCCNC(=O)OC(C)(C)C)c(c2)-c2cc(ccc2OCCNC(=O)OC(C)(C)C)[C@H](C)C(=O)N[C@@H](C)C(=O)N1. The Hall–Kier alpha value is -5.01. The number of carbonyl (C=O) groups excluding carboxylic acids is 5. The zero-order valence-electron chi connectivity index (χ0n) is 30.3. The summed E-state index contributed by atoms with van der Waals surface area (Å²) in [5, 5.41) is 10.8. The Kier molecular flexibility index (Phi) is 13.5. The van der Waals surface area contributed by atoms with Crippen LogP contribution in [0.3, 0.4) is 0 Å². The number of alkyl carbamates (subject to hydrolysis) is 2. The van der Waals surface area contributed by atoms with Gasteiger partial charge in [0.25, 0.3) is 0 Å². The molecule has 0 aromatic heterocycles. The van der Waals surface area contributed by atoms with E-state index in [-0.39, 0.29) is 32.7 Å². The fourth-order valence-electron chi connectivity index (χ4n) is 4.87. The fraction of sp³-hybridized carbons (Fsp3) is 0.528. The Labute approximate surface area is 293 Å². The van der Waals surface area contributed by atoms with E-state index in [2.05, 4.69) is 21.3 Å². The summed E-state index contributed by atoms with van der Waals surface area (Å²) >= 11 is 0. The van der Waals surface area contributed by atoms with E-state index in [1.807, 2.05) is 6.07 Å². The first-order valence-corrected chi connectivity index (χ1v) is 16.5. The highest BCUT2D eigenvalue weighted by Crippen LogP contribution is 2.39. The molecule has 4 bridgehead atoms. The number of hydrogen-bond donors (Lipinski definition) is 4. The van der Waals surface area contributed by atoms with Crippen LogP contribution in [0.2, 0.25) is 0 Å². The van der Waals surface area contributed by atoms with Gasteiger partial charge < -0.3 is 45.0 Å². The number of ether oxygens (including phenoxy) is 5. The highest BCUT2D eigenvalue weighted by molar-refractivity contribution is 5.92. The first-order valence-electron chi connectivity index (χ1n) is 16.5. The van der Waals surface area contributed by atoms with E-state index >= 15 is 0 Å². The predicted octanol–water partition coefficient (Wildman–Crippen LogP) is 3.98. The number of rotatable bonds is 9. The normalized spacial score (nSPS) is 18.0. The molecular weight excluding hydrogens is 648 g/mol. The molecule has 3 rings (SSSR count). The van der Waals surface area contributed by atoms with E-state index in [0.717, 1.165) is 0 Å². The molecular formula is C36H50N4O10. The van der Waals surface area contributed by atoms with Gasteiger partial charge in [0.1, 0.15) is 48.0 Å². The number of amides is 4. The summed E-state index contributed by atoms with van der Waals surface area (Å²) in [5.74, 6) is -1.43. The minimum atomic E-state index is -1.05. The first-order chi connectivity index (χ1) is 23.4. The van der Waals surface area contributed by atoms with Crippen LogP contribution in [0.25, 0.3) is 11.1 Å². The van der Waals surface area contributed by atoms with Gasteiger partial charge in [0.2, 0.25) is 11.8 Å². The van der Waals surface area contributed by atoms with Crippen molar-refractivity contribution in [3.8, 4) is 22.6 Å². The Morgan fingerprint density at radius 3 is 1.80 bits per heavy atom. The summed E-state index contributed by atoms with van der Waals surface area (Å²) in [6.45, 7) is 14.3. The molecule has 0 aliphatic carbocycles. The molecule has 0 fully saturated rings. The number of methoxy groups -OCH3 is 1. The summed E-state index contributed by atoms with van der Waals surface area (Å²) < 4.78 is 27.9. The molecule has 14 nitrogen and oxygen atoms in total. The maximum Gasteiger partial charge on any atom is 0.407 e. The van der Waals surface area contributed by atoms with Gasteiger partial charge in [-0.25, -0.2) is 14.4 Å². The van der Waals surface area contributed by atoms with Crippen LogP contribution in [0.15, 0.2) is 36.4 Å². The lowest BCUT2D eigenvalue weighted by Gasteiger charge is -2.24. The average Bonchev–Trinajstić information content (AvgIpc) is 3.02. The summed E-state index contributed by atoms with van der Waals surface area (Å²) in [6, 6.07) is 8.59. The number of nitrogens with one attached hydrogen (secondary N) is 4. The van der Waals surface area contributed by atoms with Gasteiger partial charge >= 0.3 is 18.2 Å². The van der Waals surface area contributed by atoms with Gasteiger partial charge in [-0.3, -0.25) is 9.59 Å². The van der Waals surface area contributed by atoms with Crippen molar-refractivity contribution in [1.29, 1.82) is 0 Å². The van der Waals surface area contributed by atoms with Crippen molar-refractivity contribution in [1.82, 2.24) is 21.3 Å². The van der Waals surface area contributed by atoms with E-state index < -0.39 is 59.2 Å². The lowest BCUT2D eigenvalue weighted by molar-refractivity contribution is -0.145. The molecule has 0 radical (unpaired) electrons. The maximum absolute atomic E-state index is 13.3. The number of hydrogen-bond acceptors (Lipinski definition) is 10. The third kappa shape index (κ3) is 12.1. The third-order valence-electron chi connectivity index (χ3n) is 7.28. The molecule has 0 saturated carbocycles. The largest absolute Gasteiger partial charge is 0.491 e. The zero-order valence-corrected chi connectivity index (χ0v) is 30.3. The molecule has 274 valence electrons. The van der Waals surface area contributed by atoms with Crippen molar-refractivity contribution in [2.45, 2.75) is 91.0 Å². The summed E-state index contributed by atoms with van der Waals surface area (Å²) in [5.41, 5.74) is 1.11. The van der Waals surface area contributed by atoms with Crippen LogP contribution in [0.1, 0.15) is 72.4 Å². The van der Waals surface area contributed by atoms with Crippen LogP contribution in [-0.2, 0) is 35.0 Å². The van der Waals surface area contributed by atoms with Crippen molar-refractivity contribution in [3.05, 3.63) is 47.5 Å².